The lowest BCUT2D eigenvalue weighted by molar-refractivity contribution is 0.180. The fraction of sp³-hybridized carbons (Fsp3) is 0.647. The van der Waals surface area contributed by atoms with Gasteiger partial charge in [0.1, 0.15) is 0 Å². The van der Waals surface area contributed by atoms with Crippen molar-refractivity contribution >= 4 is 10.0 Å². The molecule has 0 N–H and O–H groups in total. The molecule has 0 bridgehead atoms. The van der Waals surface area contributed by atoms with Crippen LogP contribution in [0.25, 0.3) is 0 Å². The van der Waals surface area contributed by atoms with Crippen molar-refractivity contribution in [1.29, 1.82) is 0 Å². The van der Waals surface area contributed by atoms with Gasteiger partial charge >= 0.3 is 0 Å². The number of sulfonamides is 1. The van der Waals surface area contributed by atoms with Crippen molar-refractivity contribution in [1.82, 2.24) is 4.31 Å². The molecule has 0 spiro atoms. The molecule has 1 atom stereocenters. The lowest BCUT2D eigenvalue weighted by Gasteiger charge is -2.24. The van der Waals surface area contributed by atoms with Crippen LogP contribution in [0.2, 0.25) is 0 Å². The molecule has 22 heavy (non-hydrogen) atoms. The SMILES string of the molecule is CCCc1ccc(S(=O)(=O)N(CC2CCOC2)C2CC2)cc1. The summed E-state index contributed by atoms with van der Waals surface area (Å²) in [7, 11) is -3.38. The molecule has 122 valence electrons. The Kier molecular flexibility index (Phi) is 4.85. The first-order chi connectivity index (χ1) is 10.6. The lowest BCUT2D eigenvalue weighted by Crippen LogP contribution is -2.37. The highest BCUT2D eigenvalue weighted by Crippen LogP contribution is 2.33. The van der Waals surface area contributed by atoms with E-state index in [1.807, 2.05) is 12.1 Å². The summed E-state index contributed by atoms with van der Waals surface area (Å²) in [4.78, 5) is 0.429. The second-order valence-electron chi connectivity index (χ2n) is 6.43. The molecule has 1 saturated carbocycles. The molecule has 1 aliphatic carbocycles. The predicted octanol–water partition coefficient (Wildman–Crippen LogP) is 2.83. The van der Waals surface area contributed by atoms with Gasteiger partial charge in [-0.3, -0.25) is 0 Å². The summed E-state index contributed by atoms with van der Waals surface area (Å²) >= 11 is 0. The van der Waals surface area contributed by atoms with Crippen LogP contribution in [0.1, 0.15) is 38.2 Å². The minimum atomic E-state index is -3.38. The molecule has 2 fully saturated rings. The Bertz CT molecular complexity index is 587. The van der Waals surface area contributed by atoms with Gasteiger partial charge in [0.05, 0.1) is 11.5 Å². The van der Waals surface area contributed by atoms with Gasteiger partial charge in [-0.15, -0.1) is 0 Å². The van der Waals surface area contributed by atoms with Gasteiger partial charge in [0, 0.05) is 19.2 Å². The zero-order valence-corrected chi connectivity index (χ0v) is 14.0. The van der Waals surface area contributed by atoms with Crippen molar-refractivity contribution < 1.29 is 13.2 Å². The average molecular weight is 323 g/mol. The average Bonchev–Trinajstić information content (AvgIpc) is 3.21. The van der Waals surface area contributed by atoms with Crippen molar-refractivity contribution in [3.05, 3.63) is 29.8 Å². The highest BCUT2D eigenvalue weighted by Gasteiger charge is 2.39. The van der Waals surface area contributed by atoms with Gasteiger partial charge in [0.15, 0.2) is 0 Å². The van der Waals surface area contributed by atoms with Crippen molar-refractivity contribution in [2.45, 2.75) is 50.0 Å². The summed E-state index contributed by atoms with van der Waals surface area (Å²) in [5, 5.41) is 0. The van der Waals surface area contributed by atoms with E-state index in [4.69, 9.17) is 4.74 Å². The first-order valence-corrected chi connectivity index (χ1v) is 9.74. The maximum absolute atomic E-state index is 13.0. The van der Waals surface area contributed by atoms with Crippen LogP contribution in [0.3, 0.4) is 0 Å². The Labute approximate surface area is 133 Å². The summed E-state index contributed by atoms with van der Waals surface area (Å²) < 4.78 is 33.0. The normalized spacial score (nSPS) is 22.4. The molecular weight excluding hydrogens is 298 g/mol. The van der Waals surface area contributed by atoms with E-state index in [2.05, 4.69) is 6.92 Å². The largest absolute Gasteiger partial charge is 0.381 e. The summed E-state index contributed by atoms with van der Waals surface area (Å²) in [6.45, 7) is 4.18. The minimum Gasteiger partial charge on any atom is -0.381 e. The van der Waals surface area contributed by atoms with Gasteiger partial charge in [-0.05, 0) is 49.3 Å². The zero-order valence-electron chi connectivity index (χ0n) is 13.2. The smallest absolute Gasteiger partial charge is 0.243 e. The number of hydrogen-bond acceptors (Lipinski definition) is 3. The van der Waals surface area contributed by atoms with Crippen LogP contribution >= 0.6 is 0 Å². The van der Waals surface area contributed by atoms with E-state index in [9.17, 15) is 8.42 Å². The maximum atomic E-state index is 13.0. The first kappa shape index (κ1) is 16.0. The van der Waals surface area contributed by atoms with E-state index in [-0.39, 0.29) is 6.04 Å². The molecule has 1 aromatic carbocycles. The molecule has 1 saturated heterocycles. The van der Waals surface area contributed by atoms with Gasteiger partial charge < -0.3 is 4.74 Å². The van der Waals surface area contributed by atoms with E-state index < -0.39 is 10.0 Å². The summed E-state index contributed by atoms with van der Waals surface area (Å²) in [6.07, 6.45) is 5.00. The van der Waals surface area contributed by atoms with Gasteiger partial charge in [-0.25, -0.2) is 8.42 Å². The van der Waals surface area contributed by atoms with Crippen LogP contribution in [0.4, 0.5) is 0 Å². The third-order valence-electron chi connectivity index (χ3n) is 4.48. The van der Waals surface area contributed by atoms with Crippen molar-refractivity contribution in [3.63, 3.8) is 0 Å². The molecule has 0 aromatic heterocycles. The number of benzene rings is 1. The number of nitrogens with zero attached hydrogens (tertiary/aromatic N) is 1. The summed E-state index contributed by atoms with van der Waals surface area (Å²) in [5.74, 6) is 0.342. The Morgan fingerprint density at radius 1 is 1.18 bits per heavy atom. The number of ether oxygens (including phenoxy) is 1. The van der Waals surface area contributed by atoms with Crippen LogP contribution < -0.4 is 0 Å². The standard InChI is InChI=1S/C17H25NO3S/c1-2-3-14-4-8-17(9-5-14)22(19,20)18(16-6-7-16)12-15-10-11-21-13-15/h4-5,8-9,15-16H,2-3,6-7,10-13H2,1H3. The van der Waals surface area contributed by atoms with E-state index in [1.165, 1.54) is 5.56 Å². The highest BCUT2D eigenvalue weighted by atomic mass is 32.2. The fourth-order valence-corrected chi connectivity index (χ4v) is 4.80. The third-order valence-corrected chi connectivity index (χ3v) is 6.42. The maximum Gasteiger partial charge on any atom is 0.243 e. The molecule has 5 heteroatoms. The summed E-state index contributed by atoms with van der Waals surface area (Å²) in [6, 6.07) is 7.61. The van der Waals surface area contributed by atoms with Crippen LogP contribution in [0.15, 0.2) is 29.2 Å². The number of rotatable bonds is 7. The molecular formula is C17H25NO3S. The summed E-state index contributed by atoms with van der Waals surface area (Å²) in [5.41, 5.74) is 1.20. The molecule has 2 aliphatic rings. The zero-order chi connectivity index (χ0) is 15.6. The van der Waals surface area contributed by atoms with E-state index in [0.717, 1.165) is 38.7 Å². The highest BCUT2D eigenvalue weighted by molar-refractivity contribution is 7.89. The van der Waals surface area contributed by atoms with Gasteiger partial charge in [0.25, 0.3) is 0 Å². The molecule has 1 unspecified atom stereocenters. The van der Waals surface area contributed by atoms with Crippen LogP contribution in [-0.2, 0) is 21.2 Å². The van der Waals surface area contributed by atoms with Gasteiger partial charge in [-0.2, -0.15) is 4.31 Å². The Balaban J connectivity index is 1.78. The van der Waals surface area contributed by atoms with Crippen LogP contribution in [0, 0.1) is 5.92 Å². The van der Waals surface area contributed by atoms with Crippen molar-refractivity contribution in [2.75, 3.05) is 19.8 Å². The molecule has 1 aliphatic heterocycles. The van der Waals surface area contributed by atoms with Crippen molar-refractivity contribution in [2.24, 2.45) is 5.92 Å². The number of hydrogen-bond donors (Lipinski definition) is 0. The molecule has 1 heterocycles. The van der Waals surface area contributed by atoms with E-state index in [1.54, 1.807) is 16.4 Å². The predicted molar refractivity (Wildman–Crippen MR) is 86.3 cm³/mol. The monoisotopic (exact) mass is 323 g/mol. The Morgan fingerprint density at radius 3 is 2.45 bits per heavy atom. The number of aryl methyl sites for hydroxylation is 1. The first-order valence-electron chi connectivity index (χ1n) is 8.30. The second-order valence-corrected chi connectivity index (χ2v) is 8.32. The Morgan fingerprint density at radius 2 is 1.91 bits per heavy atom. The molecule has 3 rings (SSSR count). The minimum absolute atomic E-state index is 0.195. The van der Waals surface area contributed by atoms with Crippen molar-refractivity contribution in [3.8, 4) is 0 Å². The second kappa shape index (κ2) is 6.69. The van der Waals surface area contributed by atoms with Gasteiger partial charge in [-0.1, -0.05) is 25.5 Å². The molecule has 0 amide bonds. The molecule has 4 nitrogen and oxygen atoms in total. The third kappa shape index (κ3) is 3.53. The van der Waals surface area contributed by atoms with Gasteiger partial charge in [0.2, 0.25) is 10.0 Å². The van der Waals surface area contributed by atoms with E-state index in [0.29, 0.717) is 24.0 Å². The molecule has 0 radical (unpaired) electrons. The van der Waals surface area contributed by atoms with Crippen LogP contribution in [0.5, 0.6) is 0 Å². The fourth-order valence-electron chi connectivity index (χ4n) is 3.04. The Hall–Kier alpha value is -0.910. The quantitative estimate of drug-likeness (QED) is 0.775. The lowest BCUT2D eigenvalue weighted by atomic mass is 10.1. The van der Waals surface area contributed by atoms with Crippen LogP contribution in [-0.4, -0.2) is 38.5 Å². The van der Waals surface area contributed by atoms with E-state index >= 15 is 0 Å². The molecule has 1 aromatic rings. The topological polar surface area (TPSA) is 46.6 Å².